The van der Waals surface area contributed by atoms with Gasteiger partial charge in [-0.3, -0.25) is 4.90 Å². The average Bonchev–Trinajstić information content (AvgIpc) is 2.23. The Hall–Kier alpha value is -0.300. The van der Waals surface area contributed by atoms with Crippen molar-refractivity contribution in [2.45, 2.75) is 59.3 Å². The first-order chi connectivity index (χ1) is 7.76. The highest BCUT2D eigenvalue weighted by molar-refractivity contribution is 5.10. The molecule has 1 atom stereocenters. The molecule has 0 N–H and O–H groups in total. The van der Waals surface area contributed by atoms with Gasteiger partial charge < -0.3 is 0 Å². The maximum Gasteiger partial charge on any atom is 0.0165 e. The molecule has 16 heavy (non-hydrogen) atoms. The summed E-state index contributed by atoms with van der Waals surface area (Å²) in [6.45, 7) is 10.7. The first-order valence-corrected chi connectivity index (χ1v) is 7.16. The highest BCUT2D eigenvalue weighted by Gasteiger charge is 2.09. The van der Waals surface area contributed by atoms with E-state index in [0.717, 1.165) is 5.92 Å². The molecule has 0 radical (unpaired) electrons. The van der Waals surface area contributed by atoms with Crippen LogP contribution in [-0.2, 0) is 0 Å². The molecule has 1 rings (SSSR count). The smallest absolute Gasteiger partial charge is 0.0165 e. The minimum absolute atomic E-state index is 0.885. The van der Waals surface area contributed by atoms with Gasteiger partial charge in [0.05, 0.1) is 0 Å². The molecule has 1 aliphatic rings. The Bertz CT molecular complexity index is 201. The molecular weight excluding hydrogens is 194 g/mol. The topological polar surface area (TPSA) is 3.24 Å². The van der Waals surface area contributed by atoms with E-state index in [1.165, 1.54) is 58.2 Å². The van der Waals surface area contributed by atoms with Crippen molar-refractivity contribution in [3.8, 4) is 0 Å². The summed E-state index contributed by atoms with van der Waals surface area (Å²) in [4.78, 5) is 2.62. The first-order valence-electron chi connectivity index (χ1n) is 7.16. The maximum atomic E-state index is 2.62. The van der Waals surface area contributed by atoms with Gasteiger partial charge in [-0.25, -0.2) is 0 Å². The molecule has 0 amide bonds. The molecule has 1 fully saturated rings. The molecule has 0 bridgehead atoms. The zero-order chi connectivity index (χ0) is 11.8. The lowest BCUT2D eigenvalue weighted by molar-refractivity contribution is 0.276. The molecule has 0 aromatic heterocycles. The summed E-state index contributed by atoms with van der Waals surface area (Å²) in [6, 6.07) is 0. The van der Waals surface area contributed by atoms with Crippen molar-refractivity contribution in [2.75, 3.05) is 19.6 Å². The summed E-state index contributed by atoms with van der Waals surface area (Å²) in [7, 11) is 0. The molecule has 1 heteroatoms. The van der Waals surface area contributed by atoms with E-state index in [9.17, 15) is 0 Å². The quantitative estimate of drug-likeness (QED) is 0.556. The fourth-order valence-electron chi connectivity index (χ4n) is 2.06. The van der Waals surface area contributed by atoms with E-state index in [2.05, 4.69) is 31.7 Å². The van der Waals surface area contributed by atoms with Crippen LogP contribution >= 0.6 is 0 Å². The summed E-state index contributed by atoms with van der Waals surface area (Å²) in [5, 5.41) is 0. The average molecular weight is 223 g/mol. The predicted molar refractivity (Wildman–Crippen MR) is 72.7 cm³/mol. The van der Waals surface area contributed by atoms with Crippen LogP contribution in [0.15, 0.2) is 11.6 Å². The second-order valence-electron chi connectivity index (χ2n) is 5.32. The van der Waals surface area contributed by atoms with Gasteiger partial charge in [-0.15, -0.1) is 0 Å². The van der Waals surface area contributed by atoms with E-state index in [-0.39, 0.29) is 0 Å². The van der Waals surface area contributed by atoms with Crippen LogP contribution in [0.2, 0.25) is 0 Å². The van der Waals surface area contributed by atoms with Gasteiger partial charge in [0.25, 0.3) is 0 Å². The second-order valence-corrected chi connectivity index (χ2v) is 5.32. The largest absolute Gasteiger partial charge is 0.300 e. The van der Waals surface area contributed by atoms with Crippen molar-refractivity contribution in [3.05, 3.63) is 11.6 Å². The Balaban J connectivity index is 2.23. The van der Waals surface area contributed by atoms with E-state index in [1.807, 2.05) is 0 Å². The Morgan fingerprint density at radius 2 is 2.00 bits per heavy atom. The van der Waals surface area contributed by atoms with Crippen LogP contribution < -0.4 is 0 Å². The lowest BCUT2D eigenvalue weighted by Crippen LogP contribution is -2.27. The van der Waals surface area contributed by atoms with Crippen molar-refractivity contribution in [1.29, 1.82) is 0 Å². The minimum atomic E-state index is 0.885. The number of hydrogen-bond acceptors (Lipinski definition) is 1. The van der Waals surface area contributed by atoms with E-state index in [4.69, 9.17) is 0 Å². The van der Waals surface area contributed by atoms with Crippen LogP contribution in [0.4, 0.5) is 0 Å². The Kier molecular flexibility index (Phi) is 6.79. The fourth-order valence-corrected chi connectivity index (χ4v) is 2.06. The highest BCUT2D eigenvalue weighted by Crippen LogP contribution is 2.24. The van der Waals surface area contributed by atoms with Crippen molar-refractivity contribution in [1.82, 2.24) is 4.90 Å². The number of hydrogen-bond donors (Lipinski definition) is 0. The molecule has 0 aromatic rings. The zero-order valence-corrected chi connectivity index (χ0v) is 11.5. The van der Waals surface area contributed by atoms with Gasteiger partial charge in [0.2, 0.25) is 0 Å². The lowest BCUT2D eigenvalue weighted by Gasteiger charge is -2.24. The molecule has 0 saturated heterocycles. The first kappa shape index (κ1) is 13.8. The minimum Gasteiger partial charge on any atom is -0.300 e. The Morgan fingerprint density at radius 3 is 2.50 bits per heavy atom. The number of rotatable bonds is 8. The molecule has 1 nitrogen and oxygen atoms in total. The normalized spacial score (nSPS) is 17.4. The predicted octanol–water partition coefficient (Wildman–Crippen LogP) is 4.24. The molecule has 1 aliphatic carbocycles. The fraction of sp³-hybridized carbons (Fsp3) is 0.867. The third-order valence-electron chi connectivity index (χ3n) is 3.81. The zero-order valence-electron chi connectivity index (χ0n) is 11.5. The molecular formula is C15H29N. The monoisotopic (exact) mass is 223 g/mol. The van der Waals surface area contributed by atoms with Crippen LogP contribution in [0.3, 0.4) is 0 Å². The summed E-state index contributed by atoms with van der Waals surface area (Å²) < 4.78 is 0. The van der Waals surface area contributed by atoms with Gasteiger partial charge in [-0.2, -0.15) is 0 Å². The summed E-state index contributed by atoms with van der Waals surface area (Å²) in [6.07, 6.45) is 10.6. The summed E-state index contributed by atoms with van der Waals surface area (Å²) in [5.74, 6) is 0.885. The Morgan fingerprint density at radius 1 is 1.25 bits per heavy atom. The molecule has 1 saturated carbocycles. The molecule has 0 aliphatic heterocycles. The Labute approximate surface area is 102 Å². The summed E-state index contributed by atoms with van der Waals surface area (Å²) >= 11 is 0. The molecule has 0 spiro atoms. The van der Waals surface area contributed by atoms with Crippen LogP contribution in [0.1, 0.15) is 59.3 Å². The third-order valence-corrected chi connectivity index (χ3v) is 3.81. The maximum absolute atomic E-state index is 2.62. The highest BCUT2D eigenvalue weighted by atomic mass is 15.1. The second kappa shape index (κ2) is 7.89. The van der Waals surface area contributed by atoms with E-state index < -0.39 is 0 Å². The van der Waals surface area contributed by atoms with Crippen LogP contribution in [0, 0.1) is 5.92 Å². The standard InChI is InChI=1S/C15H29N/c1-4-11-16(12-9-14(3)5-2)13-10-15-7-6-8-15/h10,14H,4-9,11-13H2,1-3H3. The lowest BCUT2D eigenvalue weighted by atomic mass is 9.92. The van der Waals surface area contributed by atoms with Crippen LogP contribution in [-0.4, -0.2) is 24.5 Å². The molecule has 1 unspecified atom stereocenters. The van der Waals surface area contributed by atoms with Crippen LogP contribution in [0.25, 0.3) is 0 Å². The van der Waals surface area contributed by atoms with E-state index in [1.54, 1.807) is 5.57 Å². The van der Waals surface area contributed by atoms with E-state index in [0.29, 0.717) is 0 Å². The van der Waals surface area contributed by atoms with Gasteiger partial charge >= 0.3 is 0 Å². The van der Waals surface area contributed by atoms with Gasteiger partial charge in [0.1, 0.15) is 0 Å². The number of nitrogens with zero attached hydrogens (tertiary/aromatic N) is 1. The van der Waals surface area contributed by atoms with Crippen molar-refractivity contribution in [3.63, 3.8) is 0 Å². The van der Waals surface area contributed by atoms with Crippen molar-refractivity contribution >= 4 is 0 Å². The molecule has 0 heterocycles. The summed E-state index contributed by atoms with van der Waals surface area (Å²) in [5.41, 5.74) is 1.70. The molecule has 94 valence electrons. The SMILES string of the molecule is CCCN(CC=C1CCC1)CCC(C)CC. The van der Waals surface area contributed by atoms with Gasteiger partial charge in [0, 0.05) is 6.54 Å². The van der Waals surface area contributed by atoms with Gasteiger partial charge in [0.15, 0.2) is 0 Å². The van der Waals surface area contributed by atoms with Crippen LogP contribution in [0.5, 0.6) is 0 Å². The third kappa shape index (κ3) is 5.16. The number of allylic oxidation sites excluding steroid dienone is 1. The van der Waals surface area contributed by atoms with Gasteiger partial charge in [-0.05, 0) is 51.1 Å². The molecule has 0 aromatic carbocycles. The van der Waals surface area contributed by atoms with E-state index >= 15 is 0 Å². The van der Waals surface area contributed by atoms with Gasteiger partial charge in [-0.1, -0.05) is 38.8 Å². The van der Waals surface area contributed by atoms with Crippen molar-refractivity contribution < 1.29 is 0 Å². The van der Waals surface area contributed by atoms with Crippen molar-refractivity contribution in [2.24, 2.45) is 5.92 Å².